The summed E-state index contributed by atoms with van der Waals surface area (Å²) in [6.45, 7) is 3.41. The zero-order chi connectivity index (χ0) is 11.8. The van der Waals surface area contributed by atoms with E-state index in [0.29, 0.717) is 6.04 Å². The van der Waals surface area contributed by atoms with E-state index in [1.54, 1.807) is 14.2 Å². The van der Waals surface area contributed by atoms with E-state index in [1.807, 2.05) is 0 Å². The van der Waals surface area contributed by atoms with Crippen LogP contribution in [0.5, 0.6) is 0 Å². The Hall–Kier alpha value is -0.160. The van der Waals surface area contributed by atoms with Crippen LogP contribution in [0.1, 0.15) is 25.7 Å². The van der Waals surface area contributed by atoms with Crippen molar-refractivity contribution in [2.75, 3.05) is 40.5 Å². The zero-order valence-corrected chi connectivity index (χ0v) is 10.5. The second-order valence-electron chi connectivity index (χ2n) is 4.44. The molecule has 1 N–H and O–H groups in total. The minimum atomic E-state index is -0.153. The van der Waals surface area contributed by atoms with Crippen molar-refractivity contribution < 1.29 is 14.6 Å². The van der Waals surface area contributed by atoms with Gasteiger partial charge in [-0.2, -0.15) is 0 Å². The van der Waals surface area contributed by atoms with E-state index < -0.39 is 0 Å². The maximum Gasteiger partial charge on any atom is 0.0695 e. The summed E-state index contributed by atoms with van der Waals surface area (Å²) in [6, 6.07) is 0.326. The first-order valence-corrected chi connectivity index (χ1v) is 6.19. The summed E-state index contributed by atoms with van der Waals surface area (Å²) in [6.07, 6.45) is 4.05. The average Bonchev–Trinajstić information content (AvgIpc) is 2.70. The highest BCUT2D eigenvalue weighted by molar-refractivity contribution is 4.85. The predicted octanol–water partition coefficient (Wildman–Crippen LogP) is 0.885. The van der Waals surface area contributed by atoms with Crippen molar-refractivity contribution in [3.05, 3.63) is 0 Å². The third-order valence-electron chi connectivity index (χ3n) is 3.29. The number of ether oxygens (including phenoxy) is 2. The van der Waals surface area contributed by atoms with Crippen molar-refractivity contribution in [3.63, 3.8) is 0 Å². The van der Waals surface area contributed by atoms with Crippen LogP contribution in [0, 0.1) is 0 Å². The first kappa shape index (κ1) is 13.9. The van der Waals surface area contributed by atoms with Crippen LogP contribution in [0.2, 0.25) is 0 Å². The lowest BCUT2D eigenvalue weighted by Crippen LogP contribution is -2.43. The maximum atomic E-state index is 9.90. The second-order valence-corrected chi connectivity index (χ2v) is 4.44. The lowest BCUT2D eigenvalue weighted by atomic mass is 10.1. The Labute approximate surface area is 98.5 Å². The van der Waals surface area contributed by atoms with Gasteiger partial charge in [0.2, 0.25) is 0 Å². The van der Waals surface area contributed by atoms with Crippen LogP contribution in [0.25, 0.3) is 0 Å². The number of hydrogen-bond donors (Lipinski definition) is 1. The van der Waals surface area contributed by atoms with E-state index >= 15 is 0 Å². The minimum Gasteiger partial charge on any atom is -0.391 e. The number of rotatable bonds is 8. The van der Waals surface area contributed by atoms with Crippen LogP contribution in [-0.2, 0) is 9.47 Å². The fraction of sp³-hybridized carbons (Fsp3) is 1.00. The lowest BCUT2D eigenvalue weighted by Gasteiger charge is -2.30. The van der Waals surface area contributed by atoms with Gasteiger partial charge in [-0.15, -0.1) is 0 Å². The van der Waals surface area contributed by atoms with Gasteiger partial charge in [0, 0.05) is 40.0 Å². The highest BCUT2D eigenvalue weighted by Gasteiger charge is 2.29. The monoisotopic (exact) mass is 231 g/mol. The second kappa shape index (κ2) is 8.01. The topological polar surface area (TPSA) is 41.9 Å². The molecule has 0 radical (unpaired) electrons. The molecule has 2 atom stereocenters. The van der Waals surface area contributed by atoms with Gasteiger partial charge in [0.1, 0.15) is 0 Å². The number of aliphatic hydroxyl groups excluding tert-OH is 1. The van der Waals surface area contributed by atoms with Gasteiger partial charge >= 0.3 is 0 Å². The molecule has 1 rings (SSSR count). The molecule has 0 heterocycles. The Balaban J connectivity index is 2.35. The normalized spacial score (nSPS) is 25.5. The molecule has 0 aliphatic heterocycles. The van der Waals surface area contributed by atoms with E-state index in [9.17, 15) is 5.11 Å². The summed E-state index contributed by atoms with van der Waals surface area (Å²) in [4.78, 5) is 2.35. The average molecular weight is 231 g/mol. The van der Waals surface area contributed by atoms with Gasteiger partial charge in [0.15, 0.2) is 0 Å². The highest BCUT2D eigenvalue weighted by Crippen LogP contribution is 2.24. The summed E-state index contributed by atoms with van der Waals surface area (Å²) in [7, 11) is 3.45. The van der Waals surface area contributed by atoms with Crippen molar-refractivity contribution >= 4 is 0 Å². The summed E-state index contributed by atoms with van der Waals surface area (Å²) in [5.41, 5.74) is 0. The summed E-state index contributed by atoms with van der Waals surface area (Å²) in [5, 5.41) is 9.90. The summed E-state index contributed by atoms with van der Waals surface area (Å²) in [5.74, 6) is 0. The van der Waals surface area contributed by atoms with E-state index in [0.717, 1.165) is 52.0 Å². The molecule has 1 fully saturated rings. The quantitative estimate of drug-likeness (QED) is 0.630. The van der Waals surface area contributed by atoms with Gasteiger partial charge in [-0.05, 0) is 25.7 Å². The highest BCUT2D eigenvalue weighted by atomic mass is 16.5. The van der Waals surface area contributed by atoms with Gasteiger partial charge < -0.3 is 14.6 Å². The summed E-state index contributed by atoms with van der Waals surface area (Å²) >= 11 is 0. The van der Waals surface area contributed by atoms with Gasteiger partial charge in [-0.3, -0.25) is 4.90 Å². The molecular weight excluding hydrogens is 206 g/mol. The van der Waals surface area contributed by atoms with Crippen molar-refractivity contribution in [3.8, 4) is 0 Å². The molecule has 0 amide bonds. The number of aliphatic hydroxyl groups is 1. The van der Waals surface area contributed by atoms with Crippen molar-refractivity contribution in [1.82, 2.24) is 4.90 Å². The molecule has 0 bridgehead atoms. The molecule has 1 saturated carbocycles. The van der Waals surface area contributed by atoms with E-state index in [2.05, 4.69) is 4.90 Å². The van der Waals surface area contributed by atoms with E-state index in [-0.39, 0.29) is 6.10 Å². The Morgan fingerprint density at radius 1 is 1.12 bits per heavy atom. The molecule has 0 aromatic rings. The molecule has 0 unspecified atom stereocenters. The third kappa shape index (κ3) is 4.37. The molecule has 0 aromatic carbocycles. The molecule has 4 nitrogen and oxygen atoms in total. The third-order valence-corrected chi connectivity index (χ3v) is 3.29. The standard InChI is InChI=1S/C12H25NO3/c1-15-9-4-7-13(8-10-16-2)11-5-3-6-12(11)14/h11-12,14H,3-10H2,1-2H3/t11-,12-/m1/s1. The fourth-order valence-corrected chi connectivity index (χ4v) is 2.41. The Morgan fingerprint density at radius 3 is 2.44 bits per heavy atom. The number of nitrogens with zero attached hydrogens (tertiary/aromatic N) is 1. The smallest absolute Gasteiger partial charge is 0.0695 e. The number of methoxy groups -OCH3 is 2. The lowest BCUT2D eigenvalue weighted by molar-refractivity contribution is 0.0465. The molecule has 16 heavy (non-hydrogen) atoms. The minimum absolute atomic E-state index is 0.153. The van der Waals surface area contributed by atoms with Crippen molar-refractivity contribution in [2.45, 2.75) is 37.8 Å². The molecule has 0 saturated heterocycles. The van der Waals surface area contributed by atoms with Gasteiger partial charge in [0.05, 0.1) is 12.7 Å². The summed E-state index contributed by atoms with van der Waals surface area (Å²) < 4.78 is 10.2. The van der Waals surface area contributed by atoms with Crippen molar-refractivity contribution in [2.24, 2.45) is 0 Å². The molecule has 1 aliphatic carbocycles. The molecule has 1 aliphatic rings. The SMILES string of the molecule is COCCCN(CCOC)[C@@H]1CCC[C@H]1O. The largest absolute Gasteiger partial charge is 0.391 e. The molecule has 0 spiro atoms. The molecule has 96 valence electrons. The molecule has 0 aromatic heterocycles. The van der Waals surface area contributed by atoms with E-state index in [1.165, 1.54) is 0 Å². The van der Waals surface area contributed by atoms with E-state index in [4.69, 9.17) is 9.47 Å². The van der Waals surface area contributed by atoms with Crippen LogP contribution in [-0.4, -0.2) is 62.7 Å². The molecule has 4 heteroatoms. The van der Waals surface area contributed by atoms with Crippen LogP contribution in [0.4, 0.5) is 0 Å². The van der Waals surface area contributed by atoms with Gasteiger partial charge in [-0.1, -0.05) is 0 Å². The Bertz CT molecular complexity index is 178. The van der Waals surface area contributed by atoms with Crippen molar-refractivity contribution in [1.29, 1.82) is 0 Å². The Kier molecular flexibility index (Phi) is 6.96. The Morgan fingerprint density at radius 2 is 1.88 bits per heavy atom. The molecular formula is C12H25NO3. The fourth-order valence-electron chi connectivity index (χ4n) is 2.41. The maximum absolute atomic E-state index is 9.90. The van der Waals surface area contributed by atoms with Crippen LogP contribution >= 0.6 is 0 Å². The van der Waals surface area contributed by atoms with Crippen LogP contribution in [0.15, 0.2) is 0 Å². The first-order valence-electron chi connectivity index (χ1n) is 6.19. The van der Waals surface area contributed by atoms with Crippen LogP contribution in [0.3, 0.4) is 0 Å². The van der Waals surface area contributed by atoms with Gasteiger partial charge in [0.25, 0.3) is 0 Å². The predicted molar refractivity (Wildman–Crippen MR) is 63.6 cm³/mol. The zero-order valence-electron chi connectivity index (χ0n) is 10.5. The first-order chi connectivity index (χ1) is 7.79. The van der Waals surface area contributed by atoms with Crippen LogP contribution < -0.4 is 0 Å². The number of hydrogen-bond acceptors (Lipinski definition) is 4. The van der Waals surface area contributed by atoms with Gasteiger partial charge in [-0.25, -0.2) is 0 Å².